The third-order valence-electron chi connectivity index (χ3n) is 5.04. The molecule has 5 nitrogen and oxygen atoms in total. The van der Waals surface area contributed by atoms with Gasteiger partial charge in [-0.25, -0.2) is 5.01 Å². The molecule has 0 saturated carbocycles. The highest BCUT2D eigenvalue weighted by atomic mass is 79.9. The summed E-state index contributed by atoms with van der Waals surface area (Å²) in [6.07, 6.45) is 2.09. The minimum atomic E-state index is -0.381. The van der Waals surface area contributed by atoms with Gasteiger partial charge in [-0.3, -0.25) is 0 Å². The molecule has 6 heteroatoms. The number of fused-ring (bicyclic) bond motifs is 3. The smallest absolute Gasteiger partial charge is 0.246 e. The zero-order chi connectivity index (χ0) is 19.1. The summed E-state index contributed by atoms with van der Waals surface area (Å²) in [6.45, 7) is 2.64. The maximum absolute atomic E-state index is 6.26. The van der Waals surface area contributed by atoms with Crippen LogP contribution in [-0.2, 0) is 0 Å². The topological polar surface area (TPSA) is 47.2 Å². The van der Waals surface area contributed by atoms with Crippen molar-refractivity contribution in [1.29, 1.82) is 0 Å². The second-order valence-corrected chi connectivity index (χ2v) is 7.69. The van der Waals surface area contributed by atoms with Crippen LogP contribution in [0.4, 0.5) is 0 Å². The van der Waals surface area contributed by atoms with Crippen molar-refractivity contribution in [3.05, 3.63) is 82.2 Å². The molecule has 28 heavy (non-hydrogen) atoms. The fourth-order valence-electron chi connectivity index (χ4n) is 3.76. The van der Waals surface area contributed by atoms with Crippen molar-refractivity contribution in [2.75, 3.05) is 6.61 Å². The largest absolute Gasteiger partial charge is 0.494 e. The van der Waals surface area contributed by atoms with Crippen LogP contribution in [0, 0.1) is 0 Å². The molecule has 0 fully saturated rings. The molecule has 2 aliphatic rings. The Bertz CT molecular complexity index is 1010. The SMILES string of the molecule is CCOc1ccc(C2=NN3[C@H](C2)c2cc(Br)ccc2O[C@@H]3c2ccco2)cc1. The number of hydrogen-bond donors (Lipinski definition) is 0. The van der Waals surface area contributed by atoms with E-state index in [1.807, 2.05) is 48.3 Å². The van der Waals surface area contributed by atoms with Crippen molar-refractivity contribution in [2.24, 2.45) is 5.10 Å². The van der Waals surface area contributed by atoms with Gasteiger partial charge < -0.3 is 13.9 Å². The van der Waals surface area contributed by atoms with E-state index < -0.39 is 0 Å². The highest BCUT2D eigenvalue weighted by Gasteiger charge is 2.42. The third kappa shape index (κ3) is 2.98. The lowest BCUT2D eigenvalue weighted by molar-refractivity contribution is -0.0325. The fraction of sp³-hybridized carbons (Fsp3) is 0.227. The molecule has 2 aliphatic heterocycles. The van der Waals surface area contributed by atoms with Crippen LogP contribution in [0.25, 0.3) is 0 Å². The molecule has 142 valence electrons. The van der Waals surface area contributed by atoms with Gasteiger partial charge in [0.05, 0.1) is 24.6 Å². The third-order valence-corrected chi connectivity index (χ3v) is 5.53. The van der Waals surface area contributed by atoms with Crippen molar-refractivity contribution in [1.82, 2.24) is 5.01 Å². The number of rotatable bonds is 4. The van der Waals surface area contributed by atoms with Gasteiger partial charge in [0, 0.05) is 16.5 Å². The second kappa shape index (κ2) is 7.02. The van der Waals surface area contributed by atoms with Crippen molar-refractivity contribution >= 4 is 21.6 Å². The zero-order valence-electron chi connectivity index (χ0n) is 15.3. The summed E-state index contributed by atoms with van der Waals surface area (Å²) in [7, 11) is 0. The molecule has 0 saturated heterocycles. The van der Waals surface area contributed by atoms with Crippen molar-refractivity contribution in [2.45, 2.75) is 25.6 Å². The highest BCUT2D eigenvalue weighted by molar-refractivity contribution is 9.10. The molecule has 3 aromatic rings. The summed E-state index contributed by atoms with van der Waals surface area (Å²) < 4.78 is 18.5. The molecule has 0 amide bonds. The number of hydrogen-bond acceptors (Lipinski definition) is 5. The van der Waals surface area contributed by atoms with E-state index in [1.165, 1.54) is 0 Å². The average molecular weight is 439 g/mol. The number of halogens is 1. The normalized spacial score (nSPS) is 20.2. The van der Waals surface area contributed by atoms with Crippen molar-refractivity contribution < 1.29 is 13.9 Å². The van der Waals surface area contributed by atoms with E-state index >= 15 is 0 Å². The Morgan fingerprint density at radius 2 is 2.04 bits per heavy atom. The number of ether oxygens (including phenoxy) is 2. The Hall–Kier alpha value is -2.73. The summed E-state index contributed by atoms with van der Waals surface area (Å²) in [4.78, 5) is 0. The molecular formula is C22H19BrN2O3. The van der Waals surface area contributed by atoms with Crippen LogP contribution in [0.15, 0.2) is 74.9 Å². The van der Waals surface area contributed by atoms with E-state index in [0.717, 1.165) is 45.0 Å². The lowest BCUT2D eigenvalue weighted by Gasteiger charge is -2.37. The van der Waals surface area contributed by atoms with E-state index in [4.69, 9.17) is 19.0 Å². The Balaban J connectivity index is 1.53. The van der Waals surface area contributed by atoms with E-state index in [1.54, 1.807) is 6.26 Å². The highest BCUT2D eigenvalue weighted by Crippen LogP contribution is 2.48. The summed E-state index contributed by atoms with van der Waals surface area (Å²) in [6, 6.07) is 18.1. The van der Waals surface area contributed by atoms with Crippen molar-refractivity contribution in [3.8, 4) is 11.5 Å². The quantitative estimate of drug-likeness (QED) is 0.525. The van der Waals surface area contributed by atoms with Gasteiger partial charge in [0.25, 0.3) is 0 Å². The number of hydrazone groups is 1. The van der Waals surface area contributed by atoms with Gasteiger partial charge >= 0.3 is 0 Å². The van der Waals surface area contributed by atoms with Gasteiger partial charge in [-0.15, -0.1) is 0 Å². The number of benzene rings is 2. The Kier molecular flexibility index (Phi) is 4.36. The van der Waals surface area contributed by atoms with Gasteiger partial charge in [-0.05, 0) is 67.1 Å². The predicted molar refractivity (Wildman–Crippen MR) is 110 cm³/mol. The molecular weight excluding hydrogens is 420 g/mol. The summed E-state index contributed by atoms with van der Waals surface area (Å²) in [5.74, 6) is 2.48. The molecule has 0 N–H and O–H groups in total. The van der Waals surface area contributed by atoms with E-state index in [9.17, 15) is 0 Å². The first-order valence-electron chi connectivity index (χ1n) is 9.31. The molecule has 0 aliphatic carbocycles. The average Bonchev–Trinajstić information content (AvgIpc) is 3.39. The lowest BCUT2D eigenvalue weighted by Crippen LogP contribution is -2.33. The van der Waals surface area contributed by atoms with Crippen molar-refractivity contribution in [3.63, 3.8) is 0 Å². The molecule has 0 spiro atoms. The molecule has 2 aromatic carbocycles. The molecule has 1 aromatic heterocycles. The minimum absolute atomic E-state index is 0.0953. The summed E-state index contributed by atoms with van der Waals surface area (Å²) >= 11 is 3.58. The Labute approximate surface area is 171 Å². The van der Waals surface area contributed by atoms with E-state index in [-0.39, 0.29) is 12.3 Å². The summed E-state index contributed by atoms with van der Waals surface area (Å²) in [5.41, 5.74) is 3.25. The van der Waals surface area contributed by atoms with Crippen LogP contribution in [0.3, 0.4) is 0 Å². The molecule has 0 bridgehead atoms. The number of nitrogens with zero attached hydrogens (tertiary/aromatic N) is 2. The van der Waals surface area contributed by atoms with Gasteiger partial charge in [0.2, 0.25) is 6.23 Å². The summed E-state index contributed by atoms with van der Waals surface area (Å²) in [5, 5.41) is 6.94. The number of furan rings is 1. The monoisotopic (exact) mass is 438 g/mol. The van der Waals surface area contributed by atoms with Crippen LogP contribution in [-0.4, -0.2) is 17.3 Å². The zero-order valence-corrected chi connectivity index (χ0v) is 16.9. The fourth-order valence-corrected chi connectivity index (χ4v) is 4.14. The molecule has 0 unspecified atom stereocenters. The van der Waals surface area contributed by atoms with Crippen LogP contribution < -0.4 is 9.47 Å². The van der Waals surface area contributed by atoms with E-state index in [2.05, 4.69) is 34.1 Å². The van der Waals surface area contributed by atoms with Crippen LogP contribution in [0.1, 0.15) is 42.5 Å². The molecule has 5 rings (SSSR count). The van der Waals surface area contributed by atoms with Gasteiger partial charge in [-0.1, -0.05) is 15.9 Å². The Morgan fingerprint density at radius 1 is 1.18 bits per heavy atom. The first-order valence-corrected chi connectivity index (χ1v) is 10.1. The first kappa shape index (κ1) is 17.4. The van der Waals surface area contributed by atoms with Crippen LogP contribution in [0.2, 0.25) is 0 Å². The minimum Gasteiger partial charge on any atom is -0.494 e. The van der Waals surface area contributed by atoms with Gasteiger partial charge in [-0.2, -0.15) is 5.10 Å². The standard InChI is InChI=1S/C22H19BrN2O3/c1-2-26-16-8-5-14(6-9-16)18-13-19-17-12-15(23)7-10-20(17)28-22(25(19)24-18)21-4-3-11-27-21/h3-12,19,22H,2,13H2,1H3/t19-,22-/m1/s1. The maximum atomic E-state index is 6.26. The van der Waals surface area contributed by atoms with E-state index in [0.29, 0.717) is 6.61 Å². The molecule has 3 heterocycles. The first-order chi connectivity index (χ1) is 13.7. The lowest BCUT2D eigenvalue weighted by atomic mass is 9.96. The van der Waals surface area contributed by atoms with Gasteiger partial charge in [0.1, 0.15) is 11.5 Å². The maximum Gasteiger partial charge on any atom is 0.246 e. The predicted octanol–water partition coefficient (Wildman–Crippen LogP) is 5.68. The van der Waals surface area contributed by atoms with Gasteiger partial charge in [0.15, 0.2) is 5.76 Å². The molecule has 0 radical (unpaired) electrons. The second-order valence-electron chi connectivity index (χ2n) is 6.77. The Morgan fingerprint density at radius 3 is 2.79 bits per heavy atom. The van der Waals surface area contributed by atoms with Crippen LogP contribution >= 0.6 is 15.9 Å². The van der Waals surface area contributed by atoms with Crippen LogP contribution in [0.5, 0.6) is 11.5 Å². The molecule has 2 atom stereocenters.